The molecule has 98 valence electrons. The molecule has 18 heavy (non-hydrogen) atoms. The van der Waals surface area contributed by atoms with Crippen molar-refractivity contribution < 1.29 is 14.4 Å². The number of benzene rings is 1. The van der Waals surface area contributed by atoms with Gasteiger partial charge in [0.15, 0.2) is 11.5 Å². The van der Waals surface area contributed by atoms with Crippen LogP contribution in [0.15, 0.2) is 18.2 Å². The number of nitrogens with zero attached hydrogens (tertiary/aromatic N) is 1. The molecule has 5 nitrogen and oxygen atoms in total. The van der Waals surface area contributed by atoms with Gasteiger partial charge in [0.1, 0.15) is 0 Å². The Morgan fingerprint density at radius 3 is 2.72 bits per heavy atom. The van der Waals surface area contributed by atoms with Gasteiger partial charge in [0.2, 0.25) is 0 Å². The summed E-state index contributed by atoms with van der Waals surface area (Å²) in [5.74, 6) is 1.70. The van der Waals surface area contributed by atoms with Crippen molar-refractivity contribution in [2.75, 3.05) is 13.2 Å². The monoisotopic (exact) mass is 251 g/mol. The predicted octanol–water partition coefficient (Wildman–Crippen LogP) is 3.17. The molecule has 0 spiro atoms. The van der Waals surface area contributed by atoms with Crippen LogP contribution in [0.1, 0.15) is 26.2 Å². The van der Waals surface area contributed by atoms with Gasteiger partial charge in [-0.25, -0.2) is 0 Å². The van der Waals surface area contributed by atoms with Crippen LogP contribution in [0, 0.1) is 16.0 Å². The van der Waals surface area contributed by atoms with Crippen LogP contribution in [0.4, 0.5) is 5.69 Å². The SMILES string of the molecule is CCCOc1cc([N+](=O)[O-])ccc1OCC1CC1. The molecule has 0 aliphatic heterocycles. The van der Waals surface area contributed by atoms with Crippen molar-refractivity contribution in [3.63, 3.8) is 0 Å². The summed E-state index contributed by atoms with van der Waals surface area (Å²) < 4.78 is 11.1. The van der Waals surface area contributed by atoms with E-state index in [4.69, 9.17) is 9.47 Å². The van der Waals surface area contributed by atoms with Gasteiger partial charge in [-0.05, 0) is 31.2 Å². The van der Waals surface area contributed by atoms with Crippen molar-refractivity contribution >= 4 is 5.69 Å². The van der Waals surface area contributed by atoms with Crippen LogP contribution in [0.25, 0.3) is 0 Å². The highest BCUT2D eigenvalue weighted by molar-refractivity contribution is 5.48. The zero-order valence-corrected chi connectivity index (χ0v) is 10.4. The lowest BCUT2D eigenvalue weighted by atomic mass is 10.3. The molecule has 1 saturated carbocycles. The van der Waals surface area contributed by atoms with Crippen molar-refractivity contribution in [1.29, 1.82) is 0 Å². The van der Waals surface area contributed by atoms with Crippen LogP contribution in [-0.4, -0.2) is 18.1 Å². The second kappa shape index (κ2) is 5.71. The zero-order chi connectivity index (χ0) is 13.0. The van der Waals surface area contributed by atoms with Crippen LogP contribution in [0.5, 0.6) is 11.5 Å². The lowest BCUT2D eigenvalue weighted by Crippen LogP contribution is -2.03. The van der Waals surface area contributed by atoms with E-state index >= 15 is 0 Å². The van der Waals surface area contributed by atoms with Gasteiger partial charge in [-0.1, -0.05) is 6.92 Å². The third-order valence-electron chi connectivity index (χ3n) is 2.77. The van der Waals surface area contributed by atoms with E-state index in [1.54, 1.807) is 6.07 Å². The molecule has 0 unspecified atom stereocenters. The van der Waals surface area contributed by atoms with Crippen molar-refractivity contribution in [3.05, 3.63) is 28.3 Å². The Hall–Kier alpha value is -1.78. The molecule has 1 aliphatic carbocycles. The van der Waals surface area contributed by atoms with Crippen molar-refractivity contribution in [3.8, 4) is 11.5 Å². The first kappa shape index (κ1) is 12.7. The number of ether oxygens (including phenoxy) is 2. The standard InChI is InChI=1S/C13H17NO4/c1-2-7-17-13-8-11(14(15)16)5-6-12(13)18-9-10-3-4-10/h5-6,8,10H,2-4,7,9H2,1H3. The molecule has 2 rings (SSSR count). The number of nitro benzene ring substituents is 1. The van der Waals surface area contributed by atoms with Crippen LogP contribution in [0.2, 0.25) is 0 Å². The maximum Gasteiger partial charge on any atom is 0.273 e. The maximum absolute atomic E-state index is 10.7. The van der Waals surface area contributed by atoms with E-state index < -0.39 is 4.92 Å². The number of non-ortho nitro benzene ring substituents is 1. The lowest BCUT2D eigenvalue weighted by molar-refractivity contribution is -0.385. The molecule has 5 heteroatoms. The van der Waals surface area contributed by atoms with Crippen LogP contribution in [-0.2, 0) is 0 Å². The van der Waals surface area contributed by atoms with E-state index in [0.717, 1.165) is 6.42 Å². The van der Waals surface area contributed by atoms with Crippen molar-refractivity contribution in [2.24, 2.45) is 5.92 Å². The summed E-state index contributed by atoms with van der Waals surface area (Å²) >= 11 is 0. The van der Waals surface area contributed by atoms with Crippen molar-refractivity contribution in [1.82, 2.24) is 0 Å². The Kier molecular flexibility index (Phi) is 4.02. The van der Waals surface area contributed by atoms with E-state index in [0.29, 0.717) is 30.6 Å². The average Bonchev–Trinajstić information content (AvgIpc) is 3.18. The summed E-state index contributed by atoms with van der Waals surface area (Å²) in [6, 6.07) is 4.49. The minimum Gasteiger partial charge on any atom is -0.489 e. The van der Waals surface area contributed by atoms with Gasteiger partial charge < -0.3 is 9.47 Å². The fraction of sp³-hybridized carbons (Fsp3) is 0.538. The molecular weight excluding hydrogens is 234 g/mol. The number of hydrogen-bond acceptors (Lipinski definition) is 4. The second-order valence-electron chi connectivity index (χ2n) is 4.49. The average molecular weight is 251 g/mol. The zero-order valence-electron chi connectivity index (χ0n) is 10.4. The van der Waals surface area contributed by atoms with Crippen LogP contribution in [0.3, 0.4) is 0 Å². The molecular formula is C13H17NO4. The highest BCUT2D eigenvalue weighted by atomic mass is 16.6. The Balaban J connectivity index is 2.10. The first-order valence-corrected chi connectivity index (χ1v) is 6.24. The third-order valence-corrected chi connectivity index (χ3v) is 2.77. The highest BCUT2D eigenvalue weighted by Crippen LogP contribution is 2.34. The van der Waals surface area contributed by atoms with Gasteiger partial charge in [0, 0.05) is 6.07 Å². The normalized spacial score (nSPS) is 14.3. The summed E-state index contributed by atoms with van der Waals surface area (Å²) in [4.78, 5) is 10.3. The summed E-state index contributed by atoms with van der Waals surface area (Å²) in [5, 5.41) is 10.7. The number of rotatable bonds is 7. The maximum atomic E-state index is 10.7. The minimum atomic E-state index is -0.427. The summed E-state index contributed by atoms with van der Waals surface area (Å²) in [6.45, 7) is 3.18. The van der Waals surface area contributed by atoms with Gasteiger partial charge in [0.25, 0.3) is 5.69 Å². The fourth-order valence-corrected chi connectivity index (χ4v) is 1.55. The Morgan fingerprint density at radius 2 is 2.11 bits per heavy atom. The molecule has 1 aromatic carbocycles. The van der Waals surface area contributed by atoms with E-state index in [2.05, 4.69) is 0 Å². The summed E-state index contributed by atoms with van der Waals surface area (Å²) in [7, 11) is 0. The van der Waals surface area contributed by atoms with Gasteiger partial charge in [-0.15, -0.1) is 0 Å². The Labute approximate surface area is 106 Å². The van der Waals surface area contributed by atoms with Crippen molar-refractivity contribution in [2.45, 2.75) is 26.2 Å². The molecule has 0 atom stereocenters. The first-order valence-electron chi connectivity index (χ1n) is 6.24. The molecule has 0 heterocycles. The molecule has 1 aliphatic rings. The summed E-state index contributed by atoms with van der Waals surface area (Å²) in [5.41, 5.74) is 0.0277. The van der Waals surface area contributed by atoms with E-state index in [1.165, 1.54) is 25.0 Å². The second-order valence-corrected chi connectivity index (χ2v) is 4.49. The molecule has 0 saturated heterocycles. The third kappa shape index (κ3) is 3.35. The molecule has 0 amide bonds. The van der Waals surface area contributed by atoms with Gasteiger partial charge in [-0.2, -0.15) is 0 Å². The minimum absolute atomic E-state index is 0.0277. The summed E-state index contributed by atoms with van der Waals surface area (Å²) in [6.07, 6.45) is 3.26. The Bertz CT molecular complexity index is 429. The molecule has 1 fully saturated rings. The fourth-order valence-electron chi connectivity index (χ4n) is 1.55. The van der Waals surface area contributed by atoms with Crippen LogP contribution >= 0.6 is 0 Å². The number of hydrogen-bond donors (Lipinski definition) is 0. The molecule has 0 aromatic heterocycles. The van der Waals surface area contributed by atoms with Gasteiger partial charge in [0.05, 0.1) is 24.2 Å². The molecule has 1 aromatic rings. The smallest absolute Gasteiger partial charge is 0.273 e. The number of nitro groups is 1. The van der Waals surface area contributed by atoms with Gasteiger partial charge in [-0.3, -0.25) is 10.1 Å². The highest BCUT2D eigenvalue weighted by Gasteiger charge is 2.23. The van der Waals surface area contributed by atoms with E-state index in [9.17, 15) is 10.1 Å². The topological polar surface area (TPSA) is 61.6 Å². The van der Waals surface area contributed by atoms with E-state index in [1.807, 2.05) is 6.92 Å². The van der Waals surface area contributed by atoms with E-state index in [-0.39, 0.29) is 5.69 Å². The largest absolute Gasteiger partial charge is 0.489 e. The molecule has 0 N–H and O–H groups in total. The van der Waals surface area contributed by atoms with Crippen LogP contribution < -0.4 is 9.47 Å². The molecule has 0 radical (unpaired) electrons. The Morgan fingerprint density at radius 1 is 1.33 bits per heavy atom. The quantitative estimate of drug-likeness (QED) is 0.551. The molecule has 0 bridgehead atoms. The predicted molar refractivity (Wildman–Crippen MR) is 67.1 cm³/mol. The lowest BCUT2D eigenvalue weighted by Gasteiger charge is -2.11. The van der Waals surface area contributed by atoms with Gasteiger partial charge >= 0.3 is 0 Å². The first-order chi connectivity index (χ1) is 8.70.